The fourth-order valence-corrected chi connectivity index (χ4v) is 1.52. The van der Waals surface area contributed by atoms with Gasteiger partial charge in [0.2, 0.25) is 0 Å². The van der Waals surface area contributed by atoms with Crippen LogP contribution < -0.4 is 5.32 Å². The molecule has 1 heterocycles. The van der Waals surface area contributed by atoms with Gasteiger partial charge in [0.15, 0.2) is 0 Å². The van der Waals surface area contributed by atoms with Crippen molar-refractivity contribution in [2.24, 2.45) is 0 Å². The number of halogens is 1. The number of nitrogens with one attached hydrogen (secondary N) is 1. The monoisotopic (exact) mass is 211 g/mol. The lowest BCUT2D eigenvalue weighted by Crippen LogP contribution is -2.12. The summed E-state index contributed by atoms with van der Waals surface area (Å²) in [7, 11) is 0. The van der Waals surface area contributed by atoms with Crippen LogP contribution in [0.2, 0.25) is 5.15 Å². The van der Waals surface area contributed by atoms with Crippen LogP contribution in [0, 0.1) is 0 Å². The molecule has 0 unspecified atom stereocenters. The maximum atomic E-state index is 5.91. The smallest absolute Gasteiger partial charge is 0.135 e. The van der Waals surface area contributed by atoms with Gasteiger partial charge in [-0.15, -0.1) is 0 Å². The number of anilines is 1. The third-order valence-electron chi connectivity index (χ3n) is 2.09. The molecule has 14 heavy (non-hydrogen) atoms. The van der Waals surface area contributed by atoms with Crippen molar-refractivity contribution in [2.75, 3.05) is 5.32 Å². The fourth-order valence-electron chi connectivity index (χ4n) is 1.33. The molecule has 1 fully saturated rings. The lowest BCUT2D eigenvalue weighted by Gasteiger charge is -2.10. The zero-order valence-corrected chi connectivity index (χ0v) is 9.17. The molecule has 2 rings (SSSR count). The molecule has 0 spiro atoms. The van der Waals surface area contributed by atoms with Crippen molar-refractivity contribution in [3.8, 4) is 0 Å². The summed E-state index contributed by atoms with van der Waals surface area (Å²) >= 11 is 5.91. The van der Waals surface area contributed by atoms with Gasteiger partial charge in [0.1, 0.15) is 16.8 Å². The van der Waals surface area contributed by atoms with E-state index in [1.165, 1.54) is 12.8 Å². The minimum absolute atomic E-state index is 0.369. The Kier molecular flexibility index (Phi) is 2.59. The van der Waals surface area contributed by atoms with E-state index >= 15 is 0 Å². The molecule has 0 aliphatic heterocycles. The van der Waals surface area contributed by atoms with Crippen molar-refractivity contribution in [3.63, 3.8) is 0 Å². The molecule has 1 saturated carbocycles. The van der Waals surface area contributed by atoms with Crippen molar-refractivity contribution in [1.29, 1.82) is 0 Å². The second-order valence-corrected chi connectivity index (χ2v) is 4.39. The molecule has 0 radical (unpaired) electrons. The maximum absolute atomic E-state index is 5.91. The molecular weight excluding hydrogens is 198 g/mol. The van der Waals surface area contributed by atoms with Crippen LogP contribution in [0.1, 0.15) is 38.4 Å². The third kappa shape index (κ3) is 2.35. The first-order valence-corrected chi connectivity index (χ1v) is 5.34. The van der Waals surface area contributed by atoms with Crippen molar-refractivity contribution < 1.29 is 0 Å². The summed E-state index contributed by atoms with van der Waals surface area (Å²) in [5.74, 6) is 2.27. The summed E-state index contributed by atoms with van der Waals surface area (Å²) in [5, 5.41) is 3.77. The van der Waals surface area contributed by atoms with Crippen molar-refractivity contribution in [1.82, 2.24) is 9.97 Å². The molecule has 0 amide bonds. The largest absolute Gasteiger partial charge is 0.368 e. The highest BCUT2D eigenvalue weighted by Crippen LogP contribution is 2.38. The summed E-state index contributed by atoms with van der Waals surface area (Å²) < 4.78 is 0. The zero-order valence-electron chi connectivity index (χ0n) is 8.42. The molecule has 1 aliphatic rings. The Bertz CT molecular complexity index is 334. The Morgan fingerprint density at radius 3 is 2.71 bits per heavy atom. The van der Waals surface area contributed by atoms with Crippen LogP contribution in [0.25, 0.3) is 0 Å². The molecule has 3 nitrogen and oxygen atoms in total. The molecule has 1 aromatic heterocycles. The highest BCUT2D eigenvalue weighted by Gasteiger charge is 2.27. The number of hydrogen-bond donors (Lipinski definition) is 1. The van der Waals surface area contributed by atoms with Gasteiger partial charge in [0.25, 0.3) is 0 Å². The zero-order chi connectivity index (χ0) is 10.1. The van der Waals surface area contributed by atoms with Crippen LogP contribution in [0.3, 0.4) is 0 Å². The molecule has 1 N–H and O–H groups in total. The molecule has 0 atom stereocenters. The quantitative estimate of drug-likeness (QED) is 0.782. The molecule has 0 aromatic carbocycles. The standard InChI is InChI=1S/C10H14ClN3/c1-6(2)12-9-5-8(11)13-10(14-9)7-3-4-7/h5-7H,3-4H2,1-2H3,(H,12,13,14). The van der Waals surface area contributed by atoms with Gasteiger partial charge in [-0.3, -0.25) is 0 Å². The predicted octanol–water partition coefficient (Wildman–Crippen LogP) is 2.83. The molecule has 1 aliphatic carbocycles. The molecular formula is C10H14ClN3. The van der Waals surface area contributed by atoms with Crippen molar-refractivity contribution in [2.45, 2.75) is 38.6 Å². The minimum Gasteiger partial charge on any atom is -0.368 e. The van der Waals surface area contributed by atoms with Gasteiger partial charge in [-0.2, -0.15) is 0 Å². The van der Waals surface area contributed by atoms with Crippen LogP contribution in [-0.2, 0) is 0 Å². The topological polar surface area (TPSA) is 37.8 Å². The first kappa shape index (κ1) is 9.71. The molecule has 0 bridgehead atoms. The predicted molar refractivity (Wildman–Crippen MR) is 57.8 cm³/mol. The SMILES string of the molecule is CC(C)Nc1cc(Cl)nc(C2CC2)n1. The Balaban J connectivity index is 2.22. The van der Waals surface area contributed by atoms with Crippen LogP contribution in [0.15, 0.2) is 6.07 Å². The fraction of sp³-hybridized carbons (Fsp3) is 0.600. The van der Waals surface area contributed by atoms with Crippen LogP contribution >= 0.6 is 11.6 Å². The first-order valence-electron chi connectivity index (χ1n) is 4.96. The molecule has 4 heteroatoms. The Morgan fingerprint density at radius 1 is 1.43 bits per heavy atom. The average Bonchev–Trinajstić information content (AvgIpc) is 2.82. The van der Waals surface area contributed by atoms with Crippen molar-refractivity contribution >= 4 is 17.4 Å². The molecule has 76 valence electrons. The van der Waals surface area contributed by atoms with Crippen LogP contribution in [-0.4, -0.2) is 16.0 Å². The molecule has 1 aromatic rings. The lowest BCUT2D eigenvalue weighted by molar-refractivity contribution is 0.865. The van der Waals surface area contributed by atoms with Gasteiger partial charge in [0.05, 0.1) is 0 Å². The number of rotatable bonds is 3. The highest BCUT2D eigenvalue weighted by molar-refractivity contribution is 6.29. The van der Waals surface area contributed by atoms with E-state index in [0.29, 0.717) is 17.1 Å². The summed E-state index contributed by atoms with van der Waals surface area (Å²) in [4.78, 5) is 8.65. The Morgan fingerprint density at radius 2 is 2.14 bits per heavy atom. The summed E-state index contributed by atoms with van der Waals surface area (Å²) in [6.07, 6.45) is 2.39. The Hall–Kier alpha value is -0.830. The van der Waals surface area contributed by atoms with E-state index in [1.807, 2.05) is 0 Å². The normalized spacial score (nSPS) is 16.0. The van der Waals surface area contributed by atoms with Gasteiger partial charge < -0.3 is 5.32 Å². The molecule has 0 saturated heterocycles. The van der Waals surface area contributed by atoms with E-state index in [9.17, 15) is 0 Å². The number of aromatic nitrogens is 2. The summed E-state index contributed by atoms with van der Waals surface area (Å²) in [5.41, 5.74) is 0. The van der Waals surface area contributed by atoms with E-state index in [-0.39, 0.29) is 0 Å². The highest BCUT2D eigenvalue weighted by atomic mass is 35.5. The van der Waals surface area contributed by atoms with Gasteiger partial charge in [-0.05, 0) is 26.7 Å². The van der Waals surface area contributed by atoms with E-state index in [1.54, 1.807) is 6.07 Å². The summed E-state index contributed by atoms with van der Waals surface area (Å²) in [6.45, 7) is 4.15. The van der Waals surface area contributed by atoms with E-state index in [2.05, 4.69) is 29.1 Å². The van der Waals surface area contributed by atoms with Gasteiger partial charge in [0, 0.05) is 18.0 Å². The maximum Gasteiger partial charge on any atom is 0.135 e. The third-order valence-corrected chi connectivity index (χ3v) is 2.28. The minimum atomic E-state index is 0.369. The van der Waals surface area contributed by atoms with Gasteiger partial charge >= 0.3 is 0 Å². The second-order valence-electron chi connectivity index (χ2n) is 4.01. The average molecular weight is 212 g/mol. The second kappa shape index (κ2) is 3.73. The Labute approximate surface area is 88.9 Å². The first-order chi connectivity index (χ1) is 6.65. The number of nitrogens with zero attached hydrogens (tertiary/aromatic N) is 2. The van der Waals surface area contributed by atoms with Gasteiger partial charge in [-0.25, -0.2) is 9.97 Å². The van der Waals surface area contributed by atoms with Crippen molar-refractivity contribution in [3.05, 3.63) is 17.0 Å². The summed E-state index contributed by atoms with van der Waals surface area (Å²) in [6, 6.07) is 2.14. The van der Waals surface area contributed by atoms with E-state index < -0.39 is 0 Å². The number of hydrogen-bond acceptors (Lipinski definition) is 3. The van der Waals surface area contributed by atoms with Gasteiger partial charge in [-0.1, -0.05) is 11.6 Å². The lowest BCUT2D eigenvalue weighted by atomic mass is 10.3. The van der Waals surface area contributed by atoms with Crippen LogP contribution in [0.4, 0.5) is 5.82 Å². The van der Waals surface area contributed by atoms with E-state index in [0.717, 1.165) is 11.6 Å². The van der Waals surface area contributed by atoms with Crippen LogP contribution in [0.5, 0.6) is 0 Å². The van der Waals surface area contributed by atoms with E-state index in [4.69, 9.17) is 11.6 Å².